The molecule has 0 aromatic heterocycles. The predicted octanol–water partition coefficient (Wildman–Crippen LogP) is 3.88. The van der Waals surface area contributed by atoms with Crippen molar-refractivity contribution in [1.82, 2.24) is 4.90 Å². The van der Waals surface area contributed by atoms with Gasteiger partial charge < -0.3 is 24.8 Å². The summed E-state index contributed by atoms with van der Waals surface area (Å²) in [5.74, 6) is -1.59. The summed E-state index contributed by atoms with van der Waals surface area (Å²) in [7, 11) is 0.111. The smallest absolute Gasteiger partial charge is 0.305 e. The first kappa shape index (κ1) is 27.2. The number of amides is 2. The molecule has 3 rings (SSSR count). The number of ether oxygens (including phenoxy) is 3. The third-order valence-electron chi connectivity index (χ3n) is 6.06. The van der Waals surface area contributed by atoms with Gasteiger partial charge in [0.15, 0.2) is 11.6 Å². The zero-order chi connectivity index (χ0) is 26.5. The van der Waals surface area contributed by atoms with Crippen molar-refractivity contribution in [3.05, 3.63) is 58.9 Å². The van der Waals surface area contributed by atoms with E-state index in [1.54, 1.807) is 24.3 Å². The van der Waals surface area contributed by atoms with Gasteiger partial charge in [0, 0.05) is 32.7 Å². The first-order chi connectivity index (χ1) is 17.0. The molecule has 0 spiro atoms. The van der Waals surface area contributed by atoms with Crippen LogP contribution in [0.15, 0.2) is 36.4 Å². The van der Waals surface area contributed by atoms with Crippen LogP contribution in [0.25, 0.3) is 0 Å². The normalized spacial score (nSPS) is 13.8. The standard InChI is InChI=1S/C26H33FN2O6Si/c1-33-18-8-10-23(21(27)14-18)35-16-17-6-5-7-19-20(17)15-29(26(19)32)22(25(28)31)9-11-24(30)34-12-13-36(2,3)4/h5-8,10,14,22H,9,11-13,15-16H2,1-4H3,(H2,28,31). The van der Waals surface area contributed by atoms with Gasteiger partial charge in [0.1, 0.15) is 18.4 Å². The Hall–Kier alpha value is -3.40. The molecule has 10 heteroatoms. The highest BCUT2D eigenvalue weighted by Gasteiger charge is 2.36. The lowest BCUT2D eigenvalue weighted by atomic mass is 10.0. The number of carbonyl (C=O) groups excluding carboxylic acids is 3. The highest BCUT2D eigenvalue weighted by molar-refractivity contribution is 6.76. The minimum absolute atomic E-state index is 0.0217. The number of nitrogens with zero attached hydrogens (tertiary/aromatic N) is 1. The van der Waals surface area contributed by atoms with Crippen molar-refractivity contribution in [2.45, 2.75) is 57.7 Å². The lowest BCUT2D eigenvalue weighted by molar-refractivity contribution is -0.143. The van der Waals surface area contributed by atoms with Crippen LogP contribution in [0, 0.1) is 5.82 Å². The Labute approximate surface area is 211 Å². The van der Waals surface area contributed by atoms with Crippen molar-refractivity contribution in [3.63, 3.8) is 0 Å². The maximum Gasteiger partial charge on any atom is 0.305 e. The molecule has 0 fully saturated rings. The number of halogens is 1. The van der Waals surface area contributed by atoms with E-state index in [-0.39, 0.29) is 37.6 Å². The number of benzene rings is 2. The molecule has 194 valence electrons. The van der Waals surface area contributed by atoms with E-state index in [0.29, 0.717) is 29.0 Å². The second kappa shape index (κ2) is 11.6. The van der Waals surface area contributed by atoms with Crippen LogP contribution in [-0.4, -0.2) is 50.5 Å². The second-order valence-corrected chi connectivity index (χ2v) is 15.6. The maximum absolute atomic E-state index is 14.3. The fraction of sp³-hybridized carbons (Fsp3) is 0.423. The van der Waals surface area contributed by atoms with Gasteiger partial charge in [0.25, 0.3) is 5.91 Å². The second-order valence-electron chi connectivity index (χ2n) is 9.95. The monoisotopic (exact) mass is 516 g/mol. The molecule has 2 amide bonds. The number of esters is 1. The van der Waals surface area contributed by atoms with Gasteiger partial charge in [-0.1, -0.05) is 31.8 Å². The van der Waals surface area contributed by atoms with Crippen LogP contribution in [0.5, 0.6) is 11.5 Å². The van der Waals surface area contributed by atoms with Crippen LogP contribution in [0.1, 0.15) is 34.3 Å². The number of methoxy groups -OCH3 is 1. The molecule has 2 aromatic carbocycles. The number of carbonyl (C=O) groups is 3. The van der Waals surface area contributed by atoms with Crippen LogP contribution in [0.4, 0.5) is 4.39 Å². The largest absolute Gasteiger partial charge is 0.497 e. The topological polar surface area (TPSA) is 108 Å². The van der Waals surface area contributed by atoms with Gasteiger partial charge in [-0.15, -0.1) is 0 Å². The molecule has 0 radical (unpaired) electrons. The molecule has 8 nitrogen and oxygen atoms in total. The maximum atomic E-state index is 14.3. The van der Waals surface area contributed by atoms with E-state index < -0.39 is 31.8 Å². The highest BCUT2D eigenvalue weighted by Crippen LogP contribution is 2.30. The van der Waals surface area contributed by atoms with E-state index in [9.17, 15) is 18.8 Å². The summed E-state index contributed by atoms with van der Waals surface area (Å²) in [6, 6.07) is 9.34. The van der Waals surface area contributed by atoms with Gasteiger partial charge in [0.05, 0.1) is 13.7 Å². The lowest BCUT2D eigenvalue weighted by Crippen LogP contribution is -2.45. The van der Waals surface area contributed by atoms with E-state index in [1.165, 1.54) is 24.1 Å². The molecule has 36 heavy (non-hydrogen) atoms. The summed E-state index contributed by atoms with van der Waals surface area (Å²) >= 11 is 0. The molecule has 0 saturated heterocycles. The molecule has 2 aromatic rings. The number of fused-ring (bicyclic) bond motifs is 1. The SMILES string of the molecule is COc1ccc(OCc2cccc3c2CN(C(CCC(=O)OCC[Si](C)(C)C)C(N)=O)C3=O)c(F)c1. The summed E-state index contributed by atoms with van der Waals surface area (Å²) in [4.78, 5) is 38.9. The molecule has 0 aliphatic carbocycles. The van der Waals surface area contributed by atoms with Crippen LogP contribution >= 0.6 is 0 Å². The summed E-state index contributed by atoms with van der Waals surface area (Å²) < 4.78 is 30.2. The average molecular weight is 517 g/mol. The van der Waals surface area contributed by atoms with Gasteiger partial charge in [-0.2, -0.15) is 0 Å². The van der Waals surface area contributed by atoms with Crippen LogP contribution < -0.4 is 15.2 Å². The highest BCUT2D eigenvalue weighted by atomic mass is 28.3. The summed E-state index contributed by atoms with van der Waals surface area (Å²) in [6.07, 6.45) is 0.0515. The van der Waals surface area contributed by atoms with E-state index >= 15 is 0 Å². The fourth-order valence-electron chi connectivity index (χ4n) is 3.94. The van der Waals surface area contributed by atoms with E-state index in [0.717, 1.165) is 6.04 Å². The van der Waals surface area contributed by atoms with Crippen LogP contribution in [0.3, 0.4) is 0 Å². The zero-order valence-electron chi connectivity index (χ0n) is 21.1. The Kier molecular flexibility index (Phi) is 8.73. The van der Waals surface area contributed by atoms with Crippen molar-refractivity contribution in [2.75, 3.05) is 13.7 Å². The van der Waals surface area contributed by atoms with E-state index in [2.05, 4.69) is 19.6 Å². The lowest BCUT2D eigenvalue weighted by Gasteiger charge is -2.25. The quantitative estimate of drug-likeness (QED) is 0.339. The summed E-state index contributed by atoms with van der Waals surface area (Å²) in [6.45, 7) is 7.07. The average Bonchev–Trinajstić information content (AvgIpc) is 3.14. The van der Waals surface area contributed by atoms with Crippen molar-refractivity contribution in [3.8, 4) is 11.5 Å². The molecule has 2 N–H and O–H groups in total. The predicted molar refractivity (Wildman–Crippen MR) is 135 cm³/mol. The molecule has 1 aliphatic rings. The third-order valence-corrected chi connectivity index (χ3v) is 7.76. The number of nitrogens with two attached hydrogens (primary N) is 1. The molecule has 0 saturated carbocycles. The molecule has 0 bridgehead atoms. The number of primary amides is 1. The van der Waals surface area contributed by atoms with Gasteiger partial charge >= 0.3 is 5.97 Å². The Bertz CT molecular complexity index is 1130. The molecular formula is C26H33FN2O6Si. The Balaban J connectivity index is 1.66. The van der Waals surface area contributed by atoms with Crippen LogP contribution in [0.2, 0.25) is 25.7 Å². The Morgan fingerprint density at radius 3 is 2.58 bits per heavy atom. The van der Waals surface area contributed by atoms with Crippen molar-refractivity contribution in [1.29, 1.82) is 0 Å². The number of rotatable bonds is 12. The molecular weight excluding hydrogens is 483 g/mol. The van der Waals surface area contributed by atoms with E-state index in [1.807, 2.05) is 0 Å². The summed E-state index contributed by atoms with van der Waals surface area (Å²) in [5, 5.41) is 0. The van der Waals surface area contributed by atoms with Gasteiger partial charge in [0.2, 0.25) is 5.91 Å². The fourth-order valence-corrected chi connectivity index (χ4v) is 4.65. The number of hydrogen-bond donors (Lipinski definition) is 1. The van der Waals surface area contributed by atoms with Crippen molar-refractivity contribution < 1.29 is 33.0 Å². The van der Waals surface area contributed by atoms with Gasteiger partial charge in [-0.25, -0.2) is 4.39 Å². The molecule has 1 atom stereocenters. The first-order valence-electron chi connectivity index (χ1n) is 11.8. The first-order valence-corrected chi connectivity index (χ1v) is 15.5. The van der Waals surface area contributed by atoms with E-state index in [4.69, 9.17) is 19.9 Å². The Morgan fingerprint density at radius 2 is 1.94 bits per heavy atom. The summed E-state index contributed by atoms with van der Waals surface area (Å²) in [5.41, 5.74) is 7.41. The van der Waals surface area contributed by atoms with Gasteiger partial charge in [-0.05, 0) is 41.8 Å². The molecule has 1 unspecified atom stereocenters. The molecule has 1 aliphatic heterocycles. The van der Waals surface area contributed by atoms with Crippen molar-refractivity contribution >= 4 is 25.9 Å². The van der Waals surface area contributed by atoms with Gasteiger partial charge in [-0.3, -0.25) is 14.4 Å². The molecule has 1 heterocycles. The van der Waals surface area contributed by atoms with Crippen molar-refractivity contribution in [2.24, 2.45) is 5.73 Å². The zero-order valence-corrected chi connectivity index (χ0v) is 22.1. The Morgan fingerprint density at radius 1 is 1.19 bits per heavy atom. The minimum Gasteiger partial charge on any atom is -0.497 e. The third kappa shape index (κ3) is 6.84. The number of hydrogen-bond acceptors (Lipinski definition) is 6. The van der Waals surface area contributed by atoms with Crippen LogP contribution in [-0.2, 0) is 27.5 Å². The minimum atomic E-state index is -1.34.